The van der Waals surface area contributed by atoms with E-state index in [-0.39, 0.29) is 12.1 Å². The van der Waals surface area contributed by atoms with Gasteiger partial charge in [0.05, 0.1) is 12.1 Å². The molecule has 0 radical (unpaired) electrons. The van der Waals surface area contributed by atoms with Crippen LogP contribution in [0.5, 0.6) is 0 Å². The number of hydrogen-bond donors (Lipinski definition) is 2. The predicted octanol–water partition coefficient (Wildman–Crippen LogP) is 3.59. The molecule has 0 spiro atoms. The van der Waals surface area contributed by atoms with Gasteiger partial charge in [0.15, 0.2) is 0 Å². The van der Waals surface area contributed by atoms with Gasteiger partial charge in [0, 0.05) is 0 Å². The van der Waals surface area contributed by atoms with Gasteiger partial charge in [0.1, 0.15) is 11.5 Å². The number of hydrogen-bond acceptors (Lipinski definition) is 3. The summed E-state index contributed by atoms with van der Waals surface area (Å²) in [4.78, 5) is 0. The number of unbranched alkanes of at least 4 members (excludes halogenated alkanes) is 2. The second-order valence-corrected chi connectivity index (χ2v) is 5.09. The molecule has 0 aliphatic heterocycles. The van der Waals surface area contributed by atoms with Crippen LogP contribution in [0.4, 0.5) is 0 Å². The minimum absolute atomic E-state index is 0.158. The lowest BCUT2D eigenvalue weighted by Crippen LogP contribution is -2.33. The van der Waals surface area contributed by atoms with Crippen LogP contribution in [0.2, 0.25) is 0 Å². The van der Waals surface area contributed by atoms with Gasteiger partial charge in [-0.05, 0) is 39.8 Å². The van der Waals surface area contributed by atoms with Crippen molar-refractivity contribution in [3.63, 3.8) is 0 Å². The highest BCUT2D eigenvalue weighted by Crippen LogP contribution is 2.10. The molecule has 0 rings (SSSR count). The first-order chi connectivity index (χ1) is 9.02. The highest BCUT2D eigenvalue weighted by Gasteiger charge is 2.12. The topological polar surface area (TPSA) is 33.3 Å². The van der Waals surface area contributed by atoms with E-state index in [9.17, 15) is 0 Å². The molecular weight excluding hydrogens is 236 g/mol. The second-order valence-electron chi connectivity index (χ2n) is 5.09. The lowest BCUT2D eigenvalue weighted by molar-refractivity contribution is 0.242. The molecule has 0 aromatic heterocycles. The summed E-state index contributed by atoms with van der Waals surface area (Å²) in [6.07, 6.45) is 4.73. The average molecular weight is 268 g/mol. The summed E-state index contributed by atoms with van der Waals surface area (Å²) in [7, 11) is 0. The first-order valence-corrected chi connectivity index (χ1v) is 7.55. The van der Waals surface area contributed by atoms with Crippen LogP contribution < -0.4 is 10.6 Å². The van der Waals surface area contributed by atoms with Crippen LogP contribution in [0.3, 0.4) is 0 Å². The van der Waals surface area contributed by atoms with Crippen LogP contribution in [0, 0.1) is 0 Å². The standard InChI is InChI=1S/C16H32N2O/c1-7-9-11-17-13(3)15(5)19-16(6)14(4)18-12-10-8-2/h13-14,17-18H,5-12H2,1-4H3. The lowest BCUT2D eigenvalue weighted by Gasteiger charge is -2.22. The zero-order valence-electron chi connectivity index (χ0n) is 13.2. The molecule has 2 unspecified atom stereocenters. The fourth-order valence-corrected chi connectivity index (χ4v) is 1.56. The summed E-state index contributed by atoms with van der Waals surface area (Å²) >= 11 is 0. The molecule has 112 valence electrons. The Hall–Kier alpha value is -0.800. The molecule has 2 N–H and O–H groups in total. The van der Waals surface area contributed by atoms with Crippen molar-refractivity contribution in [3.8, 4) is 0 Å². The van der Waals surface area contributed by atoms with Crippen LogP contribution in [0.15, 0.2) is 24.7 Å². The zero-order chi connectivity index (χ0) is 14.7. The lowest BCUT2D eigenvalue weighted by atomic mass is 10.2. The van der Waals surface area contributed by atoms with E-state index < -0.39 is 0 Å². The molecule has 0 aromatic carbocycles. The number of nitrogens with one attached hydrogen (secondary N) is 2. The molecule has 0 fully saturated rings. The van der Waals surface area contributed by atoms with E-state index in [1.54, 1.807) is 0 Å². The summed E-state index contributed by atoms with van der Waals surface area (Å²) in [6.45, 7) is 18.5. The SMILES string of the molecule is C=C(OC(=C)C(C)NCCCC)C(C)NCCCC. The minimum Gasteiger partial charge on any atom is -0.464 e. The third kappa shape index (κ3) is 8.84. The maximum absolute atomic E-state index is 5.72. The Morgan fingerprint density at radius 1 is 0.895 bits per heavy atom. The monoisotopic (exact) mass is 268 g/mol. The Bertz CT molecular complexity index is 237. The van der Waals surface area contributed by atoms with Crippen molar-refractivity contribution in [1.29, 1.82) is 0 Å². The summed E-state index contributed by atoms with van der Waals surface area (Å²) in [5.74, 6) is 1.48. The Morgan fingerprint density at radius 2 is 1.26 bits per heavy atom. The highest BCUT2D eigenvalue weighted by atomic mass is 16.5. The Labute approximate surface area is 119 Å². The highest BCUT2D eigenvalue weighted by molar-refractivity contribution is 5.04. The quantitative estimate of drug-likeness (QED) is 0.419. The van der Waals surface area contributed by atoms with Crippen LogP contribution in [0.25, 0.3) is 0 Å². The molecule has 0 amide bonds. The molecule has 3 heteroatoms. The van der Waals surface area contributed by atoms with E-state index in [2.05, 4.69) is 51.5 Å². The van der Waals surface area contributed by atoms with Crippen LogP contribution in [-0.4, -0.2) is 25.2 Å². The molecule has 2 atom stereocenters. The third-order valence-electron chi connectivity index (χ3n) is 3.19. The van der Waals surface area contributed by atoms with Gasteiger partial charge in [0.2, 0.25) is 0 Å². The van der Waals surface area contributed by atoms with E-state index in [0.29, 0.717) is 0 Å². The molecule has 0 aliphatic rings. The van der Waals surface area contributed by atoms with Crippen molar-refractivity contribution >= 4 is 0 Å². The number of rotatable bonds is 12. The smallest absolute Gasteiger partial charge is 0.113 e. The Balaban J connectivity index is 3.92. The molecule has 19 heavy (non-hydrogen) atoms. The maximum atomic E-state index is 5.72. The van der Waals surface area contributed by atoms with Gasteiger partial charge in [-0.1, -0.05) is 39.8 Å². The summed E-state index contributed by atoms with van der Waals surface area (Å²) in [5.41, 5.74) is 0. The third-order valence-corrected chi connectivity index (χ3v) is 3.19. The van der Waals surface area contributed by atoms with Gasteiger partial charge in [0.25, 0.3) is 0 Å². The van der Waals surface area contributed by atoms with E-state index >= 15 is 0 Å². The Morgan fingerprint density at radius 3 is 1.58 bits per heavy atom. The molecule has 0 saturated heterocycles. The predicted molar refractivity (Wildman–Crippen MR) is 84.1 cm³/mol. The fraction of sp³-hybridized carbons (Fsp3) is 0.750. The summed E-state index contributed by atoms with van der Waals surface area (Å²) in [6, 6.07) is 0.317. The number of ether oxygens (including phenoxy) is 1. The van der Waals surface area contributed by atoms with Crippen LogP contribution in [-0.2, 0) is 4.74 Å². The van der Waals surface area contributed by atoms with Gasteiger partial charge in [-0.2, -0.15) is 0 Å². The fourth-order valence-electron chi connectivity index (χ4n) is 1.56. The molecule has 0 heterocycles. The molecule has 3 nitrogen and oxygen atoms in total. The molecule has 0 bridgehead atoms. The average Bonchev–Trinajstić information content (AvgIpc) is 2.38. The van der Waals surface area contributed by atoms with Gasteiger partial charge < -0.3 is 15.4 Å². The zero-order valence-corrected chi connectivity index (χ0v) is 13.2. The van der Waals surface area contributed by atoms with Crippen LogP contribution >= 0.6 is 0 Å². The largest absolute Gasteiger partial charge is 0.464 e. The second kappa shape index (κ2) is 11.1. The van der Waals surface area contributed by atoms with Crippen molar-refractivity contribution in [3.05, 3.63) is 24.7 Å². The van der Waals surface area contributed by atoms with Crippen molar-refractivity contribution in [1.82, 2.24) is 10.6 Å². The van der Waals surface area contributed by atoms with Crippen molar-refractivity contribution in [2.75, 3.05) is 13.1 Å². The van der Waals surface area contributed by atoms with Crippen molar-refractivity contribution in [2.45, 2.75) is 65.5 Å². The normalized spacial score (nSPS) is 13.9. The first-order valence-electron chi connectivity index (χ1n) is 7.55. The van der Waals surface area contributed by atoms with Gasteiger partial charge >= 0.3 is 0 Å². The van der Waals surface area contributed by atoms with Gasteiger partial charge in [-0.15, -0.1) is 0 Å². The van der Waals surface area contributed by atoms with E-state index in [0.717, 1.165) is 24.6 Å². The molecule has 0 aromatic rings. The van der Waals surface area contributed by atoms with Gasteiger partial charge in [-0.25, -0.2) is 0 Å². The van der Waals surface area contributed by atoms with Crippen molar-refractivity contribution in [2.24, 2.45) is 0 Å². The van der Waals surface area contributed by atoms with E-state index in [1.165, 1.54) is 25.7 Å². The molecular formula is C16H32N2O. The molecule has 0 saturated carbocycles. The Kier molecular flexibility index (Phi) is 10.6. The van der Waals surface area contributed by atoms with E-state index in [1.807, 2.05) is 0 Å². The first kappa shape index (κ1) is 18.2. The van der Waals surface area contributed by atoms with Crippen molar-refractivity contribution < 1.29 is 4.74 Å². The summed E-state index contributed by atoms with van der Waals surface area (Å²) < 4.78 is 5.72. The summed E-state index contributed by atoms with van der Waals surface area (Å²) in [5, 5.41) is 6.79. The van der Waals surface area contributed by atoms with Gasteiger partial charge in [-0.3, -0.25) is 0 Å². The van der Waals surface area contributed by atoms with Crippen LogP contribution in [0.1, 0.15) is 53.4 Å². The van der Waals surface area contributed by atoms with E-state index in [4.69, 9.17) is 4.74 Å². The molecule has 0 aliphatic carbocycles. The minimum atomic E-state index is 0.158. The maximum Gasteiger partial charge on any atom is 0.113 e.